The van der Waals surface area contributed by atoms with Gasteiger partial charge in [0.15, 0.2) is 5.67 Å². The highest BCUT2D eigenvalue weighted by molar-refractivity contribution is 5.94. The molecule has 0 unspecified atom stereocenters. The summed E-state index contributed by atoms with van der Waals surface area (Å²) in [5.74, 6) is 9.86. The number of amides is 2. The van der Waals surface area contributed by atoms with E-state index in [0.717, 1.165) is 0 Å². The van der Waals surface area contributed by atoms with Crippen LogP contribution in [0, 0.1) is 35.3 Å². The molecule has 0 spiro atoms. The summed E-state index contributed by atoms with van der Waals surface area (Å²) in [7, 11) is 0. The summed E-state index contributed by atoms with van der Waals surface area (Å²) in [6.45, 7) is 0.576. The quantitative estimate of drug-likeness (QED) is 0.269. The molecule has 2 heterocycles. The Balaban J connectivity index is 0.000000188. The molecule has 2 amide bonds. The Labute approximate surface area is 276 Å². The van der Waals surface area contributed by atoms with E-state index in [4.69, 9.17) is 9.47 Å². The van der Waals surface area contributed by atoms with Crippen LogP contribution in [-0.2, 0) is 9.47 Å². The summed E-state index contributed by atoms with van der Waals surface area (Å²) in [5.41, 5.74) is 0.447. The van der Waals surface area contributed by atoms with Gasteiger partial charge in [-0.15, -0.1) is 0 Å². The fourth-order valence-corrected chi connectivity index (χ4v) is 4.37. The molecule has 2 aliphatic rings. The first-order valence-corrected chi connectivity index (χ1v) is 15.0. The zero-order chi connectivity index (χ0) is 34.0. The van der Waals surface area contributed by atoms with Gasteiger partial charge in [0, 0.05) is 22.3 Å². The third kappa shape index (κ3) is 9.34. The molecule has 0 bridgehead atoms. The molecule has 0 saturated carbocycles. The molecule has 48 heavy (non-hydrogen) atoms. The molecule has 2 aliphatic heterocycles. The lowest BCUT2D eigenvalue weighted by Crippen LogP contribution is -2.56. The van der Waals surface area contributed by atoms with Crippen LogP contribution < -0.4 is 10.6 Å². The highest BCUT2D eigenvalue weighted by Crippen LogP contribution is 2.20. The van der Waals surface area contributed by atoms with E-state index in [9.17, 15) is 27.9 Å². The molecule has 6 rings (SSSR count). The lowest BCUT2D eigenvalue weighted by Gasteiger charge is -2.36. The maximum absolute atomic E-state index is 13.8. The Morgan fingerprint density at radius 3 is 1.42 bits per heavy atom. The van der Waals surface area contributed by atoms with Gasteiger partial charge in [-0.3, -0.25) is 9.59 Å². The summed E-state index contributed by atoms with van der Waals surface area (Å²) in [5, 5.41) is 15.1. The standard InChI is InChI=1S/C19H15F2NO2.C19H16FNO3/c20-17-4-2-1-3-15(17)8-5-14-6-9-16(10-7-14)18(23)22-11-19(21)12-24-13-19;20-17-4-2-1-3-15(17)8-5-14-6-9-16(10-7-14)18(22)21-11-19(23)12-24-13-19/h1-4,6-7,9-10H,11-13H2,(H,22,23);1-4,6-7,9-10,23H,11-13H2,(H,21,22). The number of hydrogen-bond acceptors (Lipinski definition) is 5. The summed E-state index contributed by atoms with van der Waals surface area (Å²) >= 11 is 0. The molecule has 2 saturated heterocycles. The number of nitrogens with one attached hydrogen (secondary N) is 2. The van der Waals surface area contributed by atoms with Crippen LogP contribution in [0.1, 0.15) is 43.0 Å². The van der Waals surface area contributed by atoms with Gasteiger partial charge in [0.25, 0.3) is 11.8 Å². The topological polar surface area (TPSA) is 96.9 Å². The van der Waals surface area contributed by atoms with Crippen molar-refractivity contribution in [3.05, 3.63) is 142 Å². The first-order valence-electron chi connectivity index (χ1n) is 15.0. The van der Waals surface area contributed by atoms with Crippen molar-refractivity contribution in [1.29, 1.82) is 0 Å². The second-order valence-corrected chi connectivity index (χ2v) is 11.3. The molecule has 7 nitrogen and oxygen atoms in total. The number of rotatable bonds is 6. The Hall–Kier alpha value is -5.39. The van der Waals surface area contributed by atoms with E-state index in [-0.39, 0.29) is 63.0 Å². The highest BCUT2D eigenvalue weighted by atomic mass is 19.1. The molecule has 0 aliphatic carbocycles. The Kier molecular flexibility index (Phi) is 10.9. The first kappa shape index (κ1) is 34.0. The zero-order valence-corrected chi connectivity index (χ0v) is 25.7. The lowest BCUT2D eigenvalue weighted by atomic mass is 10.0. The number of aliphatic hydroxyl groups is 1. The van der Waals surface area contributed by atoms with E-state index in [0.29, 0.717) is 33.4 Å². The third-order valence-corrected chi connectivity index (χ3v) is 7.33. The van der Waals surface area contributed by atoms with E-state index >= 15 is 0 Å². The van der Waals surface area contributed by atoms with Crippen molar-refractivity contribution < 1.29 is 37.3 Å². The summed E-state index contributed by atoms with van der Waals surface area (Å²) in [4.78, 5) is 24.0. The molecular weight excluding hydrogens is 621 g/mol. The number of benzene rings is 4. The summed E-state index contributed by atoms with van der Waals surface area (Å²) in [6.07, 6.45) is 0. The maximum Gasteiger partial charge on any atom is 0.251 e. The predicted molar refractivity (Wildman–Crippen MR) is 173 cm³/mol. The average molecular weight is 653 g/mol. The molecular formula is C38H31F3N2O5. The molecule has 0 aromatic heterocycles. The van der Waals surface area contributed by atoms with E-state index in [1.807, 2.05) is 0 Å². The molecule has 0 radical (unpaired) electrons. The van der Waals surface area contributed by atoms with Gasteiger partial charge in [0.1, 0.15) is 17.2 Å². The summed E-state index contributed by atoms with van der Waals surface area (Å²) < 4.78 is 50.4. The molecule has 4 aromatic rings. The van der Waals surface area contributed by atoms with Crippen LogP contribution in [0.25, 0.3) is 0 Å². The smallest absolute Gasteiger partial charge is 0.251 e. The Morgan fingerprint density at radius 1 is 0.625 bits per heavy atom. The van der Waals surface area contributed by atoms with E-state index in [2.05, 4.69) is 34.3 Å². The SMILES string of the molecule is O=C(NCC1(F)COC1)c1ccc(C#Cc2ccccc2F)cc1.O=C(NCC1(O)COC1)c1ccc(C#Cc2ccccc2F)cc1. The van der Waals surface area contributed by atoms with Crippen molar-refractivity contribution in [2.24, 2.45) is 0 Å². The van der Waals surface area contributed by atoms with Gasteiger partial charge < -0.3 is 25.2 Å². The largest absolute Gasteiger partial charge is 0.383 e. The van der Waals surface area contributed by atoms with Crippen molar-refractivity contribution >= 4 is 11.8 Å². The number of halogens is 3. The molecule has 244 valence electrons. The number of hydrogen-bond donors (Lipinski definition) is 3. The fraction of sp³-hybridized carbons (Fsp3) is 0.211. The second-order valence-electron chi connectivity index (χ2n) is 11.3. The van der Waals surface area contributed by atoms with Crippen LogP contribution in [0.5, 0.6) is 0 Å². The minimum atomic E-state index is -1.46. The molecule has 3 N–H and O–H groups in total. The van der Waals surface area contributed by atoms with Crippen molar-refractivity contribution in [3.63, 3.8) is 0 Å². The number of alkyl halides is 1. The Morgan fingerprint density at radius 2 is 1.04 bits per heavy atom. The van der Waals surface area contributed by atoms with E-state index < -0.39 is 11.3 Å². The molecule has 10 heteroatoms. The van der Waals surface area contributed by atoms with Gasteiger partial charge in [0.05, 0.1) is 50.6 Å². The molecule has 4 aromatic carbocycles. The van der Waals surface area contributed by atoms with Crippen molar-refractivity contribution in [2.75, 3.05) is 39.5 Å². The van der Waals surface area contributed by atoms with Gasteiger partial charge in [-0.1, -0.05) is 47.9 Å². The van der Waals surface area contributed by atoms with Crippen molar-refractivity contribution in [1.82, 2.24) is 10.6 Å². The first-order chi connectivity index (χ1) is 23.1. The fourth-order valence-electron chi connectivity index (χ4n) is 4.37. The molecule has 0 atom stereocenters. The summed E-state index contributed by atoms with van der Waals surface area (Å²) in [6, 6.07) is 25.8. The monoisotopic (exact) mass is 652 g/mol. The van der Waals surface area contributed by atoms with Crippen LogP contribution in [0.3, 0.4) is 0 Å². The van der Waals surface area contributed by atoms with Crippen molar-refractivity contribution in [2.45, 2.75) is 11.3 Å². The van der Waals surface area contributed by atoms with Crippen LogP contribution in [0.15, 0.2) is 97.1 Å². The molecule has 2 fully saturated rings. The van der Waals surface area contributed by atoms with Crippen LogP contribution in [-0.4, -0.2) is 67.7 Å². The van der Waals surface area contributed by atoms with Crippen molar-refractivity contribution in [3.8, 4) is 23.7 Å². The van der Waals surface area contributed by atoms with Gasteiger partial charge in [-0.2, -0.15) is 0 Å². The zero-order valence-electron chi connectivity index (χ0n) is 25.7. The minimum Gasteiger partial charge on any atom is -0.383 e. The van der Waals surface area contributed by atoms with Gasteiger partial charge in [0.2, 0.25) is 0 Å². The van der Waals surface area contributed by atoms with Crippen LogP contribution >= 0.6 is 0 Å². The Bertz CT molecular complexity index is 1740. The van der Waals surface area contributed by atoms with Crippen LogP contribution in [0.4, 0.5) is 13.2 Å². The van der Waals surface area contributed by atoms with Gasteiger partial charge >= 0.3 is 0 Å². The lowest BCUT2D eigenvalue weighted by molar-refractivity contribution is -0.173. The number of carbonyl (C=O) groups excluding carboxylic acids is 2. The van der Waals surface area contributed by atoms with Gasteiger partial charge in [-0.25, -0.2) is 13.2 Å². The predicted octanol–water partition coefficient (Wildman–Crippen LogP) is 4.41. The number of ether oxygens (including phenoxy) is 2. The van der Waals surface area contributed by atoms with Gasteiger partial charge in [-0.05, 0) is 72.8 Å². The second kappa shape index (κ2) is 15.5. The van der Waals surface area contributed by atoms with E-state index in [1.165, 1.54) is 12.1 Å². The third-order valence-electron chi connectivity index (χ3n) is 7.33. The van der Waals surface area contributed by atoms with E-state index in [1.54, 1.807) is 84.9 Å². The maximum atomic E-state index is 13.8. The number of carbonyl (C=O) groups is 2. The average Bonchev–Trinajstić information content (AvgIpc) is 3.08. The highest BCUT2D eigenvalue weighted by Gasteiger charge is 2.39. The normalized spacial score (nSPS) is 14.9. The minimum absolute atomic E-state index is 0.0118. The van der Waals surface area contributed by atoms with Crippen LogP contribution in [0.2, 0.25) is 0 Å².